The number of fused-ring (bicyclic) bond motifs is 3. The summed E-state index contributed by atoms with van der Waals surface area (Å²) >= 11 is 12.2. The Hall–Kier alpha value is -2.06. The molecular formula is C24H26Cl2N2O4S. The van der Waals surface area contributed by atoms with Gasteiger partial charge in [0.25, 0.3) is 0 Å². The average molecular weight is 509 g/mol. The summed E-state index contributed by atoms with van der Waals surface area (Å²) in [7, 11) is -4.01. The van der Waals surface area contributed by atoms with Crippen LogP contribution in [0.1, 0.15) is 38.2 Å². The van der Waals surface area contributed by atoms with Crippen LogP contribution in [0.15, 0.2) is 59.5 Å². The Labute approximate surface area is 204 Å². The van der Waals surface area contributed by atoms with Crippen LogP contribution >= 0.6 is 23.2 Å². The first kappa shape index (κ1) is 24.1. The van der Waals surface area contributed by atoms with Crippen LogP contribution in [0.2, 0.25) is 10.0 Å². The van der Waals surface area contributed by atoms with Gasteiger partial charge in [-0.05, 0) is 80.6 Å². The Bertz CT molecular complexity index is 1180. The van der Waals surface area contributed by atoms with Crippen LogP contribution in [-0.4, -0.2) is 33.1 Å². The smallest absolute Gasteiger partial charge is 0.324 e. The monoisotopic (exact) mass is 508 g/mol. The third-order valence-electron chi connectivity index (χ3n) is 6.51. The highest BCUT2D eigenvalue weighted by Crippen LogP contribution is 2.54. The molecule has 176 valence electrons. The van der Waals surface area contributed by atoms with Crippen molar-refractivity contribution >= 4 is 44.9 Å². The van der Waals surface area contributed by atoms with Crippen molar-refractivity contribution in [2.75, 3.05) is 11.9 Å². The van der Waals surface area contributed by atoms with Crippen molar-refractivity contribution in [2.24, 2.45) is 0 Å². The van der Waals surface area contributed by atoms with E-state index in [0.717, 1.165) is 36.1 Å². The summed E-state index contributed by atoms with van der Waals surface area (Å²) in [6.45, 7) is 6.18. The Morgan fingerprint density at radius 1 is 1.24 bits per heavy atom. The zero-order valence-electron chi connectivity index (χ0n) is 18.2. The molecule has 2 aromatic rings. The molecule has 0 unspecified atom stereocenters. The molecule has 0 aromatic heterocycles. The molecule has 3 atom stereocenters. The number of ether oxygens (including phenoxy) is 1. The number of rotatable bonds is 7. The minimum atomic E-state index is -4.01. The topological polar surface area (TPSA) is 84.5 Å². The van der Waals surface area contributed by atoms with Gasteiger partial charge in [0.1, 0.15) is 6.04 Å². The third kappa shape index (κ3) is 4.52. The lowest BCUT2D eigenvalue weighted by Crippen LogP contribution is -2.51. The summed E-state index contributed by atoms with van der Waals surface area (Å²) in [4.78, 5) is 13.0. The van der Waals surface area contributed by atoms with E-state index >= 15 is 0 Å². The fourth-order valence-electron chi connectivity index (χ4n) is 5.01. The van der Waals surface area contributed by atoms with E-state index in [2.05, 4.69) is 16.6 Å². The van der Waals surface area contributed by atoms with Gasteiger partial charge in [-0.25, -0.2) is 8.42 Å². The first-order chi connectivity index (χ1) is 15.7. The predicted octanol–water partition coefficient (Wildman–Crippen LogP) is 5.07. The molecule has 0 amide bonds. The number of anilines is 1. The molecule has 1 fully saturated rings. The van der Waals surface area contributed by atoms with Gasteiger partial charge in [-0.3, -0.25) is 4.79 Å². The number of carbonyl (C=O) groups is 1. The molecule has 1 heterocycles. The molecule has 2 N–H and O–H groups in total. The molecular weight excluding hydrogens is 483 g/mol. The first-order valence-electron chi connectivity index (χ1n) is 10.9. The first-order valence-corrected chi connectivity index (χ1v) is 13.1. The summed E-state index contributed by atoms with van der Waals surface area (Å²) in [6.07, 6.45) is 2.78. The van der Waals surface area contributed by atoms with Gasteiger partial charge in [0.15, 0.2) is 0 Å². The number of sulfonamides is 1. The predicted molar refractivity (Wildman–Crippen MR) is 130 cm³/mol. The zero-order chi connectivity index (χ0) is 23.8. The van der Waals surface area contributed by atoms with Gasteiger partial charge in [-0.2, -0.15) is 4.72 Å². The largest absolute Gasteiger partial charge is 0.465 e. The maximum absolute atomic E-state index is 13.2. The molecule has 9 heteroatoms. The number of halogens is 2. The van der Waals surface area contributed by atoms with Crippen molar-refractivity contribution in [3.63, 3.8) is 0 Å². The number of benzene rings is 2. The summed E-state index contributed by atoms with van der Waals surface area (Å²) in [5.41, 5.74) is 2.16. The second-order valence-electron chi connectivity index (χ2n) is 8.44. The maximum Gasteiger partial charge on any atom is 0.324 e. The lowest BCUT2D eigenvalue weighted by molar-refractivity contribution is -0.145. The lowest BCUT2D eigenvalue weighted by Gasteiger charge is -2.43. The minimum absolute atomic E-state index is 0.0192. The zero-order valence-corrected chi connectivity index (χ0v) is 20.6. The van der Waals surface area contributed by atoms with Crippen molar-refractivity contribution in [2.45, 2.75) is 55.0 Å². The fraction of sp³-hybridized carbons (Fsp3) is 0.375. The minimum Gasteiger partial charge on any atom is -0.465 e. The SMILES string of the molecule is C=C1CCC[C@@H]2Nc3ccc(Cl)cc3[C@]12C[C@@H](NS(=O)(=O)c1ccc(Cl)cc1)C(=O)OCC. The summed E-state index contributed by atoms with van der Waals surface area (Å²) in [5.74, 6) is -0.628. The number of hydrogen-bond acceptors (Lipinski definition) is 5. The Morgan fingerprint density at radius 3 is 2.64 bits per heavy atom. The number of hydrogen-bond donors (Lipinski definition) is 2. The van der Waals surface area contributed by atoms with E-state index in [4.69, 9.17) is 27.9 Å². The highest BCUT2D eigenvalue weighted by molar-refractivity contribution is 7.89. The van der Waals surface area contributed by atoms with Gasteiger partial charge < -0.3 is 10.1 Å². The molecule has 0 spiro atoms. The Kier molecular flexibility index (Phi) is 6.78. The van der Waals surface area contributed by atoms with Gasteiger partial charge >= 0.3 is 5.97 Å². The van der Waals surface area contributed by atoms with E-state index in [1.165, 1.54) is 24.3 Å². The van der Waals surface area contributed by atoms with E-state index in [0.29, 0.717) is 10.0 Å². The molecule has 1 aliphatic heterocycles. The molecule has 0 saturated heterocycles. The maximum atomic E-state index is 13.2. The van der Waals surface area contributed by atoms with Gasteiger partial charge in [0.2, 0.25) is 10.0 Å². The normalized spacial score (nSPS) is 22.8. The summed E-state index contributed by atoms with van der Waals surface area (Å²) < 4.78 is 34.2. The fourth-order valence-corrected chi connectivity index (χ4v) is 6.49. The highest BCUT2D eigenvalue weighted by Gasteiger charge is 2.52. The highest BCUT2D eigenvalue weighted by atomic mass is 35.5. The molecule has 1 saturated carbocycles. The summed E-state index contributed by atoms with van der Waals surface area (Å²) in [5, 5.41) is 4.54. The average Bonchev–Trinajstić information content (AvgIpc) is 3.08. The molecule has 1 aliphatic carbocycles. The Balaban J connectivity index is 1.75. The second-order valence-corrected chi connectivity index (χ2v) is 11.0. The van der Waals surface area contributed by atoms with E-state index in [1.54, 1.807) is 6.92 Å². The van der Waals surface area contributed by atoms with Gasteiger partial charge in [0, 0.05) is 27.2 Å². The van der Waals surface area contributed by atoms with Crippen LogP contribution in [0.5, 0.6) is 0 Å². The van der Waals surface area contributed by atoms with Crippen molar-refractivity contribution in [1.82, 2.24) is 4.72 Å². The van der Waals surface area contributed by atoms with Crippen molar-refractivity contribution in [3.8, 4) is 0 Å². The van der Waals surface area contributed by atoms with Crippen LogP contribution in [0, 0.1) is 0 Å². The molecule has 0 radical (unpaired) electrons. The molecule has 2 aliphatic rings. The number of nitrogens with one attached hydrogen (secondary N) is 2. The van der Waals surface area contributed by atoms with Crippen LogP contribution in [-0.2, 0) is 25.0 Å². The molecule has 2 aromatic carbocycles. The van der Waals surface area contributed by atoms with Gasteiger partial charge in [-0.1, -0.05) is 35.4 Å². The van der Waals surface area contributed by atoms with Gasteiger partial charge in [-0.15, -0.1) is 0 Å². The van der Waals surface area contributed by atoms with Crippen LogP contribution in [0.25, 0.3) is 0 Å². The van der Waals surface area contributed by atoms with Crippen molar-refractivity contribution in [3.05, 3.63) is 70.2 Å². The molecule has 0 bridgehead atoms. The molecule has 33 heavy (non-hydrogen) atoms. The summed E-state index contributed by atoms with van der Waals surface area (Å²) in [6, 6.07) is 10.3. The van der Waals surface area contributed by atoms with Crippen LogP contribution in [0.4, 0.5) is 5.69 Å². The standard InChI is InChI=1S/C24H26Cl2N2O4S/c1-3-32-23(29)21(28-33(30,31)18-10-7-16(25)8-11-18)14-24-15(2)5-4-6-22(24)27-20-12-9-17(26)13-19(20)24/h7-13,21-22,27-28H,2-6,14H2,1H3/t21-,22+,24+/m1/s1. The van der Waals surface area contributed by atoms with Crippen LogP contribution < -0.4 is 10.0 Å². The molecule has 6 nitrogen and oxygen atoms in total. The second kappa shape index (κ2) is 9.29. The quantitative estimate of drug-likeness (QED) is 0.403. The third-order valence-corrected chi connectivity index (χ3v) is 8.48. The van der Waals surface area contributed by atoms with Crippen molar-refractivity contribution < 1.29 is 17.9 Å². The molecule has 4 rings (SSSR count). The van der Waals surface area contributed by atoms with E-state index in [9.17, 15) is 13.2 Å². The lowest BCUT2D eigenvalue weighted by atomic mass is 9.62. The van der Waals surface area contributed by atoms with Crippen molar-refractivity contribution in [1.29, 1.82) is 0 Å². The number of carbonyl (C=O) groups excluding carboxylic acids is 1. The van der Waals surface area contributed by atoms with E-state index in [-0.39, 0.29) is 24.0 Å². The Morgan fingerprint density at radius 2 is 1.94 bits per heavy atom. The van der Waals surface area contributed by atoms with E-state index < -0.39 is 27.4 Å². The van der Waals surface area contributed by atoms with E-state index in [1.807, 2.05) is 18.2 Å². The van der Waals surface area contributed by atoms with Crippen LogP contribution in [0.3, 0.4) is 0 Å². The van der Waals surface area contributed by atoms with Gasteiger partial charge in [0.05, 0.1) is 11.5 Å². The number of esters is 1.